The number of fused-ring (bicyclic) bond motifs is 3. The normalized spacial score (nSPS) is 18.4. The second kappa shape index (κ2) is 10.9. The minimum absolute atomic E-state index is 0.128. The van der Waals surface area contributed by atoms with E-state index in [0.29, 0.717) is 30.3 Å². The highest BCUT2D eigenvalue weighted by molar-refractivity contribution is 7.99. The molecule has 0 aliphatic carbocycles. The third kappa shape index (κ3) is 5.23. The topological polar surface area (TPSA) is 79.9 Å². The molecule has 10 heteroatoms. The smallest absolute Gasteiger partial charge is 0.240 e. The molecule has 1 N–H and O–H groups in total. The number of nitrogens with one attached hydrogen (secondary N) is 1. The number of para-hydroxylation sites is 2. The molecule has 2 atom stereocenters. The number of nitrogens with zero attached hydrogens (tertiary/aromatic N) is 3. The van der Waals surface area contributed by atoms with E-state index in [4.69, 9.17) is 19.2 Å². The summed E-state index contributed by atoms with van der Waals surface area (Å²) in [6, 6.07) is 22.3. The van der Waals surface area contributed by atoms with E-state index in [2.05, 4.69) is 40.2 Å². The number of thiophene rings is 1. The number of H-pyrrole nitrogens is 1. The Labute approximate surface area is 246 Å². The summed E-state index contributed by atoms with van der Waals surface area (Å²) >= 11 is 3.46. The number of carbonyl (C=O) groups is 1. The molecule has 0 saturated carbocycles. The van der Waals surface area contributed by atoms with Crippen LogP contribution in [-0.2, 0) is 17.9 Å². The number of aromatic nitrogens is 2. The quantitative estimate of drug-likeness (QED) is 0.242. The van der Waals surface area contributed by atoms with Crippen molar-refractivity contribution in [2.45, 2.75) is 36.0 Å². The summed E-state index contributed by atoms with van der Waals surface area (Å²) in [6.45, 7) is 2.11. The molecular weight excluding hydrogens is 556 g/mol. The SMILES string of the molecule is COc1cc(CN2C[C@H](Sc3nc4ccccc4[nH]3)C[C@H]2C(=O)N(C)Cc2cc3ccccc3s2)cc2c1OCO2. The molecule has 2 aromatic heterocycles. The van der Waals surface area contributed by atoms with Crippen LogP contribution in [0.2, 0.25) is 0 Å². The molecule has 5 aromatic rings. The average Bonchev–Trinajstić information content (AvgIpc) is 3.77. The minimum atomic E-state index is -0.257. The first-order valence-corrected chi connectivity index (χ1v) is 15.3. The highest BCUT2D eigenvalue weighted by atomic mass is 32.2. The molecule has 2 aliphatic rings. The summed E-state index contributed by atoms with van der Waals surface area (Å²) in [5, 5.41) is 2.31. The van der Waals surface area contributed by atoms with Crippen molar-refractivity contribution < 1.29 is 19.0 Å². The van der Waals surface area contributed by atoms with E-state index < -0.39 is 0 Å². The monoisotopic (exact) mass is 586 g/mol. The molecule has 0 unspecified atom stereocenters. The fraction of sp³-hybridized carbons (Fsp3) is 0.290. The maximum Gasteiger partial charge on any atom is 0.240 e. The molecule has 1 saturated heterocycles. The van der Waals surface area contributed by atoms with E-state index in [1.807, 2.05) is 48.3 Å². The number of hydrogen-bond acceptors (Lipinski definition) is 8. The standard InChI is InChI=1S/C31H30N4O4S2/c1-34(16-21-13-20-7-3-6-10-28(20)40-21)30(36)25-14-22(41-31-32-23-8-4-5-9-24(23)33-31)17-35(25)15-19-11-26(37-2)29-27(12-19)38-18-39-29/h3-13,22,25H,14-18H2,1-2H3,(H,32,33)/t22-,25+/m1/s1. The van der Waals surface area contributed by atoms with Crippen LogP contribution in [0.15, 0.2) is 71.9 Å². The Morgan fingerprint density at radius 1 is 1.17 bits per heavy atom. The lowest BCUT2D eigenvalue weighted by Crippen LogP contribution is -2.43. The summed E-state index contributed by atoms with van der Waals surface area (Å²) < 4.78 is 18.1. The lowest BCUT2D eigenvalue weighted by Gasteiger charge is -2.28. The van der Waals surface area contributed by atoms with Gasteiger partial charge in [0.05, 0.1) is 30.7 Å². The van der Waals surface area contributed by atoms with Crippen LogP contribution in [0.4, 0.5) is 0 Å². The molecule has 210 valence electrons. The number of rotatable bonds is 8. The molecule has 3 aromatic carbocycles. The van der Waals surface area contributed by atoms with Crippen molar-refractivity contribution in [1.29, 1.82) is 0 Å². The fourth-order valence-corrected chi connectivity index (χ4v) is 8.01. The zero-order valence-electron chi connectivity index (χ0n) is 22.8. The Balaban J connectivity index is 1.13. The van der Waals surface area contributed by atoms with Crippen molar-refractivity contribution in [3.05, 3.63) is 77.2 Å². The summed E-state index contributed by atoms with van der Waals surface area (Å²) in [4.78, 5) is 27.5. The second-order valence-corrected chi connectivity index (χ2v) is 12.9. The van der Waals surface area contributed by atoms with Crippen LogP contribution >= 0.6 is 23.1 Å². The van der Waals surface area contributed by atoms with Gasteiger partial charge in [-0.15, -0.1) is 11.3 Å². The summed E-state index contributed by atoms with van der Waals surface area (Å²) in [7, 11) is 3.54. The first-order chi connectivity index (χ1) is 20.0. The second-order valence-electron chi connectivity index (χ2n) is 10.5. The highest BCUT2D eigenvalue weighted by Crippen LogP contribution is 2.43. The number of likely N-dealkylation sites (N-methyl/N-ethyl adjacent to an activating group) is 1. The fourth-order valence-electron chi connectivity index (χ4n) is 5.71. The number of aromatic amines is 1. The maximum absolute atomic E-state index is 14.0. The molecule has 7 rings (SSSR count). The molecule has 0 radical (unpaired) electrons. The van der Waals surface area contributed by atoms with Crippen LogP contribution in [0.5, 0.6) is 17.2 Å². The predicted octanol–water partition coefficient (Wildman–Crippen LogP) is 5.91. The van der Waals surface area contributed by atoms with Crippen molar-refractivity contribution in [1.82, 2.24) is 19.8 Å². The van der Waals surface area contributed by atoms with E-state index in [0.717, 1.165) is 34.7 Å². The van der Waals surface area contributed by atoms with Crippen LogP contribution in [0.25, 0.3) is 21.1 Å². The average molecular weight is 587 g/mol. The predicted molar refractivity (Wildman–Crippen MR) is 162 cm³/mol. The third-order valence-electron chi connectivity index (χ3n) is 7.65. The van der Waals surface area contributed by atoms with Crippen LogP contribution in [-0.4, -0.2) is 64.5 Å². The van der Waals surface area contributed by atoms with Crippen LogP contribution in [0.3, 0.4) is 0 Å². The van der Waals surface area contributed by atoms with Gasteiger partial charge in [0.25, 0.3) is 0 Å². The van der Waals surface area contributed by atoms with Crippen LogP contribution < -0.4 is 14.2 Å². The number of likely N-dealkylation sites (tertiary alicyclic amines) is 1. The zero-order chi connectivity index (χ0) is 27.9. The largest absolute Gasteiger partial charge is 0.493 e. The maximum atomic E-state index is 14.0. The lowest BCUT2D eigenvalue weighted by atomic mass is 10.1. The molecule has 1 amide bonds. The first kappa shape index (κ1) is 26.2. The van der Waals surface area contributed by atoms with Gasteiger partial charge in [-0.1, -0.05) is 42.1 Å². The van der Waals surface area contributed by atoms with E-state index >= 15 is 0 Å². The highest BCUT2D eigenvalue weighted by Gasteiger charge is 2.39. The van der Waals surface area contributed by atoms with Crippen molar-refractivity contribution in [3.63, 3.8) is 0 Å². The van der Waals surface area contributed by atoms with Gasteiger partial charge in [0.1, 0.15) is 0 Å². The molecule has 41 heavy (non-hydrogen) atoms. The molecule has 1 fully saturated rings. The van der Waals surface area contributed by atoms with Crippen LogP contribution in [0, 0.1) is 0 Å². The van der Waals surface area contributed by atoms with Gasteiger partial charge in [-0.05, 0) is 53.8 Å². The van der Waals surface area contributed by atoms with Crippen molar-refractivity contribution >= 4 is 50.1 Å². The minimum Gasteiger partial charge on any atom is -0.493 e. The van der Waals surface area contributed by atoms with E-state index in [1.54, 1.807) is 30.2 Å². The molecule has 8 nitrogen and oxygen atoms in total. The number of carbonyl (C=O) groups excluding carboxylic acids is 1. The lowest BCUT2D eigenvalue weighted by molar-refractivity contribution is -0.135. The molecule has 0 bridgehead atoms. The Morgan fingerprint density at radius 3 is 2.88 bits per heavy atom. The number of amides is 1. The Morgan fingerprint density at radius 2 is 2.02 bits per heavy atom. The third-order valence-corrected chi connectivity index (χ3v) is 9.84. The number of thioether (sulfide) groups is 1. The molecule has 0 spiro atoms. The van der Waals surface area contributed by atoms with Crippen molar-refractivity contribution in [2.24, 2.45) is 0 Å². The zero-order valence-corrected chi connectivity index (χ0v) is 24.5. The van der Waals surface area contributed by atoms with Gasteiger partial charge in [-0.2, -0.15) is 0 Å². The van der Waals surface area contributed by atoms with Crippen molar-refractivity contribution in [2.75, 3.05) is 27.5 Å². The van der Waals surface area contributed by atoms with Gasteiger partial charge >= 0.3 is 0 Å². The van der Waals surface area contributed by atoms with Crippen molar-refractivity contribution in [3.8, 4) is 17.2 Å². The van der Waals surface area contributed by atoms with Gasteiger partial charge in [-0.25, -0.2) is 4.98 Å². The number of imidazole rings is 1. The van der Waals surface area contributed by atoms with Gasteiger partial charge in [-0.3, -0.25) is 9.69 Å². The Bertz CT molecular complexity index is 1670. The molecular formula is C31H30N4O4S2. The molecule has 2 aliphatic heterocycles. The summed E-state index contributed by atoms with van der Waals surface area (Å²) in [5.41, 5.74) is 2.99. The number of hydrogen-bond donors (Lipinski definition) is 1. The van der Waals surface area contributed by atoms with E-state index in [9.17, 15) is 4.79 Å². The van der Waals surface area contributed by atoms with E-state index in [1.165, 1.54) is 15.0 Å². The number of methoxy groups -OCH3 is 1. The van der Waals surface area contributed by atoms with Crippen LogP contribution in [0.1, 0.15) is 16.9 Å². The first-order valence-electron chi connectivity index (χ1n) is 13.6. The molecule has 4 heterocycles. The van der Waals surface area contributed by atoms with Gasteiger partial charge in [0.15, 0.2) is 16.7 Å². The van der Waals surface area contributed by atoms with Gasteiger partial charge < -0.3 is 24.1 Å². The van der Waals surface area contributed by atoms with Gasteiger partial charge in [0, 0.05) is 35.0 Å². The number of benzene rings is 3. The Kier molecular flexibility index (Phi) is 6.98. The summed E-state index contributed by atoms with van der Waals surface area (Å²) in [6.07, 6.45) is 0.735. The van der Waals surface area contributed by atoms with Gasteiger partial charge in [0.2, 0.25) is 18.4 Å². The summed E-state index contributed by atoms with van der Waals surface area (Å²) in [5.74, 6) is 2.08. The number of ether oxygens (including phenoxy) is 3. The van der Waals surface area contributed by atoms with E-state index in [-0.39, 0.29) is 24.0 Å². The Hall–Kier alpha value is -3.73.